The summed E-state index contributed by atoms with van der Waals surface area (Å²) in [5.41, 5.74) is 2.68. The van der Waals surface area contributed by atoms with Crippen molar-refractivity contribution in [2.75, 3.05) is 51.8 Å². The van der Waals surface area contributed by atoms with E-state index in [1.54, 1.807) is 11.8 Å². The molecule has 1 aromatic rings. The van der Waals surface area contributed by atoms with E-state index in [-0.39, 0.29) is 5.91 Å². The lowest BCUT2D eigenvalue weighted by atomic mass is 10.1. The van der Waals surface area contributed by atoms with Crippen molar-refractivity contribution in [3.63, 3.8) is 0 Å². The molecule has 0 aliphatic carbocycles. The highest BCUT2D eigenvalue weighted by molar-refractivity contribution is 5.93. The van der Waals surface area contributed by atoms with Crippen molar-refractivity contribution < 1.29 is 9.53 Å². The van der Waals surface area contributed by atoms with E-state index >= 15 is 0 Å². The second-order valence-electron chi connectivity index (χ2n) is 6.54. The van der Waals surface area contributed by atoms with Crippen LogP contribution in [0.5, 0.6) is 0 Å². The smallest absolute Gasteiger partial charge is 0.238 e. The van der Waals surface area contributed by atoms with Crippen molar-refractivity contribution in [1.82, 2.24) is 19.6 Å². The molecule has 1 aliphatic heterocycles. The molecule has 7 heteroatoms. The Morgan fingerprint density at radius 1 is 1.38 bits per heavy atom. The molecule has 0 unspecified atom stereocenters. The number of amides is 1. The average Bonchev–Trinajstić information content (AvgIpc) is 2.79. The van der Waals surface area contributed by atoms with E-state index in [0.717, 1.165) is 56.3 Å². The highest BCUT2D eigenvalue weighted by Gasteiger charge is 2.26. The van der Waals surface area contributed by atoms with Crippen LogP contribution in [0.1, 0.15) is 24.7 Å². The quantitative estimate of drug-likeness (QED) is 0.805. The maximum Gasteiger partial charge on any atom is 0.238 e. The number of hydrogen-bond acceptors (Lipinski definition) is 5. The fraction of sp³-hybridized carbons (Fsp3) is 0.765. The zero-order valence-electron chi connectivity index (χ0n) is 15.6. The van der Waals surface area contributed by atoms with E-state index < -0.39 is 0 Å². The minimum Gasteiger partial charge on any atom is -0.383 e. The first-order valence-electron chi connectivity index (χ1n) is 8.71. The molecule has 1 aliphatic rings. The van der Waals surface area contributed by atoms with Gasteiger partial charge in [0.05, 0.1) is 30.2 Å². The number of methoxy groups -OCH3 is 1. The molecule has 1 saturated heterocycles. The normalized spacial score (nSPS) is 19.6. The number of carbonyl (C=O) groups excluding carboxylic acids is 1. The van der Waals surface area contributed by atoms with Crippen LogP contribution in [0.4, 0.5) is 5.69 Å². The van der Waals surface area contributed by atoms with E-state index in [2.05, 4.69) is 27.1 Å². The Kier molecular flexibility index (Phi) is 6.77. The van der Waals surface area contributed by atoms with Gasteiger partial charge in [0.25, 0.3) is 0 Å². The first-order chi connectivity index (χ1) is 11.5. The number of nitrogens with zero attached hydrogens (tertiary/aromatic N) is 4. The fourth-order valence-corrected chi connectivity index (χ4v) is 3.33. The molecule has 2 rings (SSSR count). The van der Waals surface area contributed by atoms with Gasteiger partial charge < -0.3 is 10.1 Å². The standard InChI is InChI=1S/C17H31N5O2/c1-6-15-11-21(7-8-22(15)9-10-24-5)12-16(23)18-17-13(2)19-20(4)14(17)3/h15H,6-12H2,1-5H3,(H,18,23)/t15-/m0/s1. The largest absolute Gasteiger partial charge is 0.383 e. The number of aryl methyl sites for hydroxylation is 2. The molecule has 1 N–H and O–H groups in total. The minimum absolute atomic E-state index is 0.0365. The molecule has 7 nitrogen and oxygen atoms in total. The molecule has 0 bridgehead atoms. The Morgan fingerprint density at radius 2 is 2.12 bits per heavy atom. The Hall–Kier alpha value is -1.44. The van der Waals surface area contributed by atoms with E-state index in [0.29, 0.717) is 12.6 Å². The van der Waals surface area contributed by atoms with Crippen LogP contribution in [-0.2, 0) is 16.6 Å². The van der Waals surface area contributed by atoms with Crippen LogP contribution in [0.3, 0.4) is 0 Å². The molecule has 136 valence electrons. The Labute approximate surface area is 144 Å². The van der Waals surface area contributed by atoms with Gasteiger partial charge in [0.1, 0.15) is 0 Å². The number of rotatable bonds is 7. The number of aromatic nitrogens is 2. The SMILES string of the molecule is CC[C@H]1CN(CC(=O)Nc2c(C)nn(C)c2C)CCN1CCOC. The molecular weight excluding hydrogens is 306 g/mol. The minimum atomic E-state index is 0.0365. The molecule has 1 atom stereocenters. The average molecular weight is 337 g/mol. The first-order valence-corrected chi connectivity index (χ1v) is 8.71. The molecule has 0 radical (unpaired) electrons. The Bertz CT molecular complexity index is 557. The number of anilines is 1. The van der Waals surface area contributed by atoms with Gasteiger partial charge in [-0.2, -0.15) is 5.10 Å². The predicted molar refractivity (Wildman–Crippen MR) is 95.3 cm³/mol. The van der Waals surface area contributed by atoms with Gasteiger partial charge in [-0.1, -0.05) is 6.92 Å². The van der Waals surface area contributed by atoms with Gasteiger partial charge in [0.2, 0.25) is 5.91 Å². The predicted octanol–water partition coefficient (Wildman–Crippen LogP) is 1.02. The topological polar surface area (TPSA) is 62.6 Å². The summed E-state index contributed by atoms with van der Waals surface area (Å²) >= 11 is 0. The molecule has 1 aromatic heterocycles. The maximum absolute atomic E-state index is 12.4. The number of ether oxygens (including phenoxy) is 1. The summed E-state index contributed by atoms with van der Waals surface area (Å²) in [6, 6.07) is 0.489. The lowest BCUT2D eigenvalue weighted by Crippen LogP contribution is -2.54. The Morgan fingerprint density at radius 3 is 2.71 bits per heavy atom. The molecule has 0 spiro atoms. The van der Waals surface area contributed by atoms with Crippen molar-refractivity contribution in [1.29, 1.82) is 0 Å². The summed E-state index contributed by atoms with van der Waals surface area (Å²) < 4.78 is 6.99. The number of nitrogens with one attached hydrogen (secondary N) is 1. The van der Waals surface area contributed by atoms with Gasteiger partial charge in [0, 0.05) is 46.4 Å². The van der Waals surface area contributed by atoms with Crippen LogP contribution in [0.2, 0.25) is 0 Å². The van der Waals surface area contributed by atoms with Gasteiger partial charge in [-0.3, -0.25) is 19.3 Å². The first kappa shape index (κ1) is 18.9. The summed E-state index contributed by atoms with van der Waals surface area (Å²) in [6.07, 6.45) is 1.09. The molecular formula is C17H31N5O2. The van der Waals surface area contributed by atoms with E-state index in [9.17, 15) is 4.79 Å². The van der Waals surface area contributed by atoms with Crippen LogP contribution in [0.15, 0.2) is 0 Å². The van der Waals surface area contributed by atoms with Crippen molar-refractivity contribution in [2.45, 2.75) is 33.2 Å². The van der Waals surface area contributed by atoms with Crippen LogP contribution in [-0.4, -0.2) is 78.0 Å². The summed E-state index contributed by atoms with van der Waals surface area (Å²) in [5.74, 6) is 0.0365. The van der Waals surface area contributed by atoms with Crippen LogP contribution < -0.4 is 5.32 Å². The molecule has 0 saturated carbocycles. The second kappa shape index (κ2) is 8.60. The van der Waals surface area contributed by atoms with Crippen LogP contribution in [0.25, 0.3) is 0 Å². The zero-order valence-corrected chi connectivity index (χ0v) is 15.6. The molecule has 1 amide bonds. The summed E-state index contributed by atoms with van der Waals surface area (Å²) in [4.78, 5) is 17.1. The van der Waals surface area contributed by atoms with Crippen molar-refractivity contribution in [2.24, 2.45) is 7.05 Å². The molecule has 0 aromatic carbocycles. The van der Waals surface area contributed by atoms with Crippen molar-refractivity contribution in [3.05, 3.63) is 11.4 Å². The van der Waals surface area contributed by atoms with Gasteiger partial charge in [-0.15, -0.1) is 0 Å². The number of hydrogen-bond donors (Lipinski definition) is 1. The monoisotopic (exact) mass is 337 g/mol. The summed E-state index contributed by atoms with van der Waals surface area (Å²) in [5, 5.41) is 7.37. The van der Waals surface area contributed by atoms with Gasteiger partial charge >= 0.3 is 0 Å². The van der Waals surface area contributed by atoms with E-state index in [4.69, 9.17) is 4.74 Å². The third-order valence-corrected chi connectivity index (χ3v) is 4.88. The fourth-order valence-electron chi connectivity index (χ4n) is 3.33. The Balaban J connectivity index is 1.88. The molecule has 24 heavy (non-hydrogen) atoms. The van der Waals surface area contributed by atoms with Crippen LogP contribution in [0, 0.1) is 13.8 Å². The van der Waals surface area contributed by atoms with Crippen LogP contribution >= 0.6 is 0 Å². The lowest BCUT2D eigenvalue weighted by molar-refractivity contribution is -0.118. The maximum atomic E-state index is 12.4. The molecule has 2 heterocycles. The van der Waals surface area contributed by atoms with Crippen molar-refractivity contribution in [3.8, 4) is 0 Å². The van der Waals surface area contributed by atoms with E-state index in [1.807, 2.05) is 20.9 Å². The summed E-state index contributed by atoms with van der Waals surface area (Å²) in [7, 11) is 3.63. The second-order valence-corrected chi connectivity index (χ2v) is 6.54. The lowest BCUT2D eigenvalue weighted by Gasteiger charge is -2.40. The summed E-state index contributed by atoms with van der Waals surface area (Å²) in [6.45, 7) is 11.1. The number of piperazine rings is 1. The van der Waals surface area contributed by atoms with E-state index in [1.165, 1.54) is 0 Å². The van der Waals surface area contributed by atoms with Gasteiger partial charge in [0.15, 0.2) is 0 Å². The third kappa shape index (κ3) is 4.55. The highest BCUT2D eigenvalue weighted by Crippen LogP contribution is 2.18. The van der Waals surface area contributed by atoms with Gasteiger partial charge in [-0.25, -0.2) is 0 Å². The molecule has 1 fully saturated rings. The highest BCUT2D eigenvalue weighted by atomic mass is 16.5. The zero-order chi connectivity index (χ0) is 17.7. The number of carbonyl (C=O) groups is 1. The third-order valence-electron chi connectivity index (χ3n) is 4.88. The van der Waals surface area contributed by atoms with Gasteiger partial charge in [-0.05, 0) is 20.3 Å². The van der Waals surface area contributed by atoms with Crippen molar-refractivity contribution >= 4 is 11.6 Å².